The van der Waals surface area contributed by atoms with Gasteiger partial charge in [0.05, 0.1) is 39.8 Å². The highest BCUT2D eigenvalue weighted by molar-refractivity contribution is 7.18. The Balaban J connectivity index is 1.55. The molecule has 2 unspecified atom stereocenters. The number of methoxy groups -OCH3 is 1. The summed E-state index contributed by atoms with van der Waals surface area (Å²) in [5, 5.41) is 3.70. The van der Waals surface area contributed by atoms with Gasteiger partial charge in [-0.2, -0.15) is 0 Å². The fraction of sp³-hybridized carbons (Fsp3) is 0.417. The molecule has 2 atom stereocenters. The van der Waals surface area contributed by atoms with Gasteiger partial charge < -0.3 is 20.7 Å². The standard InChI is InChI=1S/C24H29N5O3S/c1-14-4-6-19(16-5-7-20-18(11-16)28-21(33-20)8-9-32-3)29(13-14)24(31)23(30)27-17-10-15(2)22(25)26-12-17/h5,7,10-12,14,19H,4,6,8-9,13H2,1-3H3,(H2,25,26)(H,27,30). The Labute approximate surface area is 197 Å². The molecule has 3 aromatic rings. The lowest BCUT2D eigenvalue weighted by molar-refractivity contribution is -0.146. The number of nitrogens with zero attached hydrogens (tertiary/aromatic N) is 3. The fourth-order valence-electron chi connectivity index (χ4n) is 4.19. The van der Waals surface area contributed by atoms with E-state index in [-0.39, 0.29) is 6.04 Å². The normalized spacial score (nSPS) is 18.5. The van der Waals surface area contributed by atoms with Crippen LogP contribution in [0.25, 0.3) is 10.2 Å². The number of rotatable bonds is 5. The number of nitrogens with one attached hydrogen (secondary N) is 1. The lowest BCUT2D eigenvalue weighted by Gasteiger charge is -2.38. The van der Waals surface area contributed by atoms with Gasteiger partial charge >= 0.3 is 11.8 Å². The highest BCUT2D eigenvalue weighted by atomic mass is 32.1. The van der Waals surface area contributed by atoms with Crippen molar-refractivity contribution in [2.24, 2.45) is 5.92 Å². The number of nitrogens with two attached hydrogens (primary N) is 1. The van der Waals surface area contributed by atoms with Crippen molar-refractivity contribution in [3.05, 3.63) is 46.6 Å². The molecule has 1 saturated heterocycles. The van der Waals surface area contributed by atoms with Crippen LogP contribution in [0.2, 0.25) is 0 Å². The molecule has 4 rings (SSSR count). The number of carbonyl (C=O) groups excluding carboxylic acids is 2. The Kier molecular flexibility index (Phi) is 6.90. The number of anilines is 2. The van der Waals surface area contributed by atoms with Crippen LogP contribution in [0, 0.1) is 12.8 Å². The lowest BCUT2D eigenvalue weighted by Crippen LogP contribution is -2.46. The molecule has 174 valence electrons. The number of ether oxygens (including phenoxy) is 1. The van der Waals surface area contributed by atoms with Crippen molar-refractivity contribution >= 4 is 44.9 Å². The van der Waals surface area contributed by atoms with Crippen LogP contribution in [0.4, 0.5) is 11.5 Å². The molecule has 1 aliphatic rings. The molecule has 0 aliphatic carbocycles. The van der Waals surface area contributed by atoms with Crippen molar-refractivity contribution in [1.29, 1.82) is 0 Å². The van der Waals surface area contributed by atoms with Gasteiger partial charge in [0.2, 0.25) is 0 Å². The molecule has 0 radical (unpaired) electrons. The van der Waals surface area contributed by atoms with Gasteiger partial charge in [-0.1, -0.05) is 13.0 Å². The first-order valence-corrected chi connectivity index (χ1v) is 11.9. The number of nitrogen functional groups attached to an aromatic ring is 1. The van der Waals surface area contributed by atoms with Crippen LogP contribution in [0.15, 0.2) is 30.5 Å². The van der Waals surface area contributed by atoms with Gasteiger partial charge in [0, 0.05) is 20.1 Å². The quantitative estimate of drug-likeness (QED) is 0.554. The van der Waals surface area contributed by atoms with Crippen molar-refractivity contribution in [3.8, 4) is 0 Å². The average molecular weight is 468 g/mol. The Morgan fingerprint density at radius 1 is 1.30 bits per heavy atom. The van der Waals surface area contributed by atoms with Crippen LogP contribution >= 0.6 is 11.3 Å². The van der Waals surface area contributed by atoms with Crippen LogP contribution in [0.3, 0.4) is 0 Å². The highest BCUT2D eigenvalue weighted by Crippen LogP contribution is 2.35. The third-order valence-electron chi connectivity index (χ3n) is 6.01. The monoisotopic (exact) mass is 467 g/mol. The summed E-state index contributed by atoms with van der Waals surface area (Å²) < 4.78 is 6.27. The van der Waals surface area contributed by atoms with E-state index in [2.05, 4.69) is 23.3 Å². The molecule has 2 amide bonds. The third-order valence-corrected chi connectivity index (χ3v) is 7.11. The number of fused-ring (bicyclic) bond motifs is 1. The van der Waals surface area contributed by atoms with Crippen molar-refractivity contribution in [3.63, 3.8) is 0 Å². The molecule has 2 aromatic heterocycles. The van der Waals surface area contributed by atoms with Gasteiger partial charge in [-0.25, -0.2) is 9.97 Å². The molecule has 0 bridgehead atoms. The number of thiazole rings is 1. The number of pyridine rings is 1. The molecule has 9 heteroatoms. The zero-order chi connectivity index (χ0) is 23.5. The number of aryl methyl sites for hydroxylation is 1. The van der Waals surface area contributed by atoms with E-state index in [4.69, 9.17) is 15.5 Å². The number of amides is 2. The minimum atomic E-state index is -0.670. The zero-order valence-corrected chi connectivity index (χ0v) is 19.9. The molecule has 1 aliphatic heterocycles. The number of aromatic nitrogens is 2. The minimum absolute atomic E-state index is 0.167. The molecule has 1 aromatic carbocycles. The molecule has 1 fully saturated rings. The Morgan fingerprint density at radius 3 is 2.88 bits per heavy atom. The number of hydrogen-bond acceptors (Lipinski definition) is 7. The van der Waals surface area contributed by atoms with Gasteiger partial charge in [0.25, 0.3) is 0 Å². The maximum atomic E-state index is 13.2. The number of benzene rings is 1. The van der Waals surface area contributed by atoms with Gasteiger partial charge in [-0.3, -0.25) is 9.59 Å². The molecule has 3 heterocycles. The molecule has 0 spiro atoms. The van der Waals surface area contributed by atoms with Gasteiger partial charge in [-0.05, 0) is 55.0 Å². The second-order valence-electron chi connectivity index (χ2n) is 8.61. The van der Waals surface area contributed by atoms with Crippen LogP contribution < -0.4 is 11.1 Å². The summed E-state index contributed by atoms with van der Waals surface area (Å²) in [4.78, 5) is 36.5. The maximum Gasteiger partial charge on any atom is 0.313 e. The summed E-state index contributed by atoms with van der Waals surface area (Å²) in [5.74, 6) is -0.494. The zero-order valence-electron chi connectivity index (χ0n) is 19.1. The largest absolute Gasteiger partial charge is 0.384 e. The van der Waals surface area contributed by atoms with Gasteiger partial charge in [0.1, 0.15) is 5.82 Å². The van der Waals surface area contributed by atoms with Crippen molar-refractivity contribution in [1.82, 2.24) is 14.9 Å². The van der Waals surface area contributed by atoms with Crippen molar-refractivity contribution in [2.45, 2.75) is 39.2 Å². The summed E-state index contributed by atoms with van der Waals surface area (Å²) >= 11 is 1.66. The van der Waals surface area contributed by atoms with Crippen LogP contribution in [-0.2, 0) is 20.7 Å². The predicted molar refractivity (Wildman–Crippen MR) is 130 cm³/mol. The SMILES string of the molecule is COCCc1nc2cc(C3CCC(C)CN3C(=O)C(=O)Nc3cnc(N)c(C)c3)ccc2s1. The summed E-state index contributed by atoms with van der Waals surface area (Å²) in [6, 6.07) is 7.70. The van der Waals surface area contributed by atoms with Crippen LogP contribution in [-0.4, -0.2) is 46.9 Å². The second kappa shape index (κ2) is 9.84. The topological polar surface area (TPSA) is 110 Å². The minimum Gasteiger partial charge on any atom is -0.384 e. The summed E-state index contributed by atoms with van der Waals surface area (Å²) in [6.07, 6.45) is 4.03. The lowest BCUT2D eigenvalue weighted by atomic mass is 9.89. The van der Waals surface area contributed by atoms with E-state index < -0.39 is 11.8 Å². The first kappa shape index (κ1) is 23.1. The van der Waals surface area contributed by atoms with Gasteiger partial charge in [0.15, 0.2) is 0 Å². The van der Waals surface area contributed by atoms with Crippen LogP contribution in [0.1, 0.15) is 41.9 Å². The van der Waals surface area contributed by atoms with Crippen molar-refractivity contribution in [2.75, 3.05) is 31.3 Å². The molecule has 8 nitrogen and oxygen atoms in total. The number of hydrogen-bond donors (Lipinski definition) is 2. The highest BCUT2D eigenvalue weighted by Gasteiger charge is 2.34. The average Bonchev–Trinajstić information content (AvgIpc) is 3.21. The Morgan fingerprint density at radius 2 is 2.12 bits per heavy atom. The number of likely N-dealkylation sites (tertiary alicyclic amines) is 1. The molecule has 33 heavy (non-hydrogen) atoms. The van der Waals surface area contributed by atoms with Crippen molar-refractivity contribution < 1.29 is 14.3 Å². The van der Waals surface area contributed by atoms with E-state index in [9.17, 15) is 9.59 Å². The van der Waals surface area contributed by atoms with E-state index in [1.165, 1.54) is 6.20 Å². The smallest absolute Gasteiger partial charge is 0.313 e. The van der Waals surface area contributed by atoms with E-state index in [0.29, 0.717) is 30.6 Å². The predicted octanol–water partition coefficient (Wildman–Crippen LogP) is 3.71. The van der Waals surface area contributed by atoms with E-state index in [0.717, 1.165) is 45.6 Å². The fourth-order valence-corrected chi connectivity index (χ4v) is 5.12. The molecule has 0 saturated carbocycles. The van der Waals surface area contributed by atoms with E-state index in [1.807, 2.05) is 12.1 Å². The van der Waals surface area contributed by atoms with Crippen LogP contribution in [0.5, 0.6) is 0 Å². The molecular formula is C24H29N5O3S. The van der Waals surface area contributed by atoms with E-state index >= 15 is 0 Å². The molecular weight excluding hydrogens is 438 g/mol. The first-order valence-electron chi connectivity index (χ1n) is 11.1. The summed E-state index contributed by atoms with van der Waals surface area (Å²) in [7, 11) is 1.68. The second-order valence-corrected chi connectivity index (χ2v) is 9.73. The number of carbonyl (C=O) groups is 2. The Bertz CT molecular complexity index is 1180. The Hall–Kier alpha value is -3.04. The summed E-state index contributed by atoms with van der Waals surface area (Å²) in [6.45, 7) is 5.07. The maximum absolute atomic E-state index is 13.2. The van der Waals surface area contributed by atoms with Gasteiger partial charge in [-0.15, -0.1) is 11.3 Å². The third kappa shape index (κ3) is 5.15. The summed E-state index contributed by atoms with van der Waals surface area (Å²) in [5.41, 5.74) is 8.87. The first-order chi connectivity index (χ1) is 15.9. The van der Waals surface area contributed by atoms with E-state index in [1.54, 1.807) is 36.3 Å². The number of piperidine rings is 1. The molecule has 3 N–H and O–H groups in total.